The summed E-state index contributed by atoms with van der Waals surface area (Å²) in [6.07, 6.45) is 5.84. The van der Waals surface area contributed by atoms with Crippen molar-refractivity contribution in [1.82, 2.24) is 15.1 Å². The van der Waals surface area contributed by atoms with Crippen LogP contribution in [-0.2, 0) is 4.79 Å². The molecule has 3 rings (SSSR count). The predicted octanol–water partition coefficient (Wildman–Crippen LogP) is 4.54. The zero-order valence-corrected chi connectivity index (χ0v) is 17.4. The molecule has 0 spiro atoms. The molecule has 0 aliphatic rings. The van der Waals surface area contributed by atoms with Crippen molar-refractivity contribution in [3.05, 3.63) is 84.6 Å². The minimum atomic E-state index is -0.458. The van der Waals surface area contributed by atoms with Crippen LogP contribution in [0.15, 0.2) is 79.0 Å². The standard InChI is InChI=1S/C25H24N4O2/c1-3-13-27-25(30)20(17-26)15-21-18-29(22-10-6-5-7-11-22)28-24(21)19-9-8-12-23(16-19)31-14-4-2/h3,5-12,15-16,18H,1,4,13-14H2,2H3,(H,27,30). The van der Waals surface area contributed by atoms with E-state index < -0.39 is 5.91 Å². The lowest BCUT2D eigenvalue weighted by Gasteiger charge is -2.06. The topological polar surface area (TPSA) is 79.9 Å². The number of benzene rings is 2. The maximum atomic E-state index is 12.3. The Morgan fingerprint density at radius 3 is 2.77 bits per heavy atom. The first-order valence-electron chi connectivity index (χ1n) is 10.1. The van der Waals surface area contributed by atoms with E-state index in [4.69, 9.17) is 9.84 Å². The van der Waals surface area contributed by atoms with Crippen LogP contribution in [-0.4, -0.2) is 28.8 Å². The number of aromatic nitrogens is 2. The van der Waals surface area contributed by atoms with Gasteiger partial charge in [0.1, 0.15) is 23.1 Å². The SMILES string of the molecule is C=CCNC(=O)C(C#N)=Cc1cn(-c2ccccc2)nc1-c1cccc(OCCC)c1. The molecule has 0 saturated heterocycles. The molecule has 1 aromatic heterocycles. The number of carbonyl (C=O) groups excluding carboxylic acids is 1. The largest absolute Gasteiger partial charge is 0.494 e. The van der Waals surface area contributed by atoms with Gasteiger partial charge in [-0.3, -0.25) is 4.79 Å². The zero-order valence-electron chi connectivity index (χ0n) is 17.4. The Labute approximate surface area is 182 Å². The Morgan fingerprint density at radius 1 is 1.26 bits per heavy atom. The van der Waals surface area contributed by atoms with Gasteiger partial charge in [-0.25, -0.2) is 4.68 Å². The van der Waals surface area contributed by atoms with Crippen molar-refractivity contribution in [2.75, 3.05) is 13.2 Å². The average molecular weight is 412 g/mol. The van der Waals surface area contributed by atoms with Crippen LogP contribution in [0, 0.1) is 11.3 Å². The van der Waals surface area contributed by atoms with Crippen molar-refractivity contribution in [2.24, 2.45) is 0 Å². The van der Waals surface area contributed by atoms with Gasteiger partial charge in [-0.05, 0) is 36.8 Å². The Morgan fingerprint density at radius 2 is 2.06 bits per heavy atom. The summed E-state index contributed by atoms with van der Waals surface area (Å²) < 4.78 is 7.49. The van der Waals surface area contributed by atoms with Gasteiger partial charge in [0.15, 0.2) is 0 Å². The van der Waals surface area contributed by atoms with E-state index in [9.17, 15) is 10.1 Å². The van der Waals surface area contributed by atoms with Crippen LogP contribution < -0.4 is 10.1 Å². The van der Waals surface area contributed by atoms with Crippen molar-refractivity contribution in [3.63, 3.8) is 0 Å². The predicted molar refractivity (Wildman–Crippen MR) is 122 cm³/mol. The number of hydrogen-bond donors (Lipinski definition) is 1. The van der Waals surface area contributed by atoms with Gasteiger partial charge in [0, 0.05) is 23.9 Å². The van der Waals surface area contributed by atoms with Gasteiger partial charge >= 0.3 is 0 Å². The van der Waals surface area contributed by atoms with Crippen molar-refractivity contribution < 1.29 is 9.53 Å². The molecule has 0 aliphatic carbocycles. The molecule has 31 heavy (non-hydrogen) atoms. The Hall–Kier alpha value is -4.11. The minimum Gasteiger partial charge on any atom is -0.494 e. The summed E-state index contributed by atoms with van der Waals surface area (Å²) in [4.78, 5) is 12.3. The first-order valence-corrected chi connectivity index (χ1v) is 10.1. The number of para-hydroxylation sites is 1. The molecule has 0 bridgehead atoms. The lowest BCUT2D eigenvalue weighted by Crippen LogP contribution is -2.24. The Bertz CT molecular complexity index is 1120. The van der Waals surface area contributed by atoms with Gasteiger partial charge < -0.3 is 10.1 Å². The summed E-state index contributed by atoms with van der Waals surface area (Å²) in [6.45, 7) is 6.53. The number of hydrogen-bond acceptors (Lipinski definition) is 4. The van der Waals surface area contributed by atoms with Crippen molar-refractivity contribution >= 4 is 12.0 Å². The molecule has 3 aromatic rings. The molecule has 0 aliphatic heterocycles. The summed E-state index contributed by atoms with van der Waals surface area (Å²) in [6, 6.07) is 19.3. The number of amides is 1. The molecule has 0 fully saturated rings. The number of nitrogens with zero attached hydrogens (tertiary/aromatic N) is 3. The number of carbonyl (C=O) groups is 1. The fourth-order valence-electron chi connectivity index (χ4n) is 2.95. The molecule has 2 aromatic carbocycles. The van der Waals surface area contributed by atoms with E-state index in [1.54, 1.807) is 16.8 Å². The van der Waals surface area contributed by atoms with Gasteiger partial charge in [-0.2, -0.15) is 10.4 Å². The molecule has 1 heterocycles. The quantitative estimate of drug-likeness (QED) is 0.318. The maximum Gasteiger partial charge on any atom is 0.262 e. The molecule has 6 heteroatoms. The fourth-order valence-corrected chi connectivity index (χ4v) is 2.95. The number of ether oxygens (including phenoxy) is 1. The van der Waals surface area contributed by atoms with Crippen LogP contribution >= 0.6 is 0 Å². The second-order valence-corrected chi connectivity index (χ2v) is 6.76. The average Bonchev–Trinajstić information content (AvgIpc) is 3.24. The van der Waals surface area contributed by atoms with E-state index in [1.165, 1.54) is 0 Å². The van der Waals surface area contributed by atoms with Crippen LogP contribution in [0.4, 0.5) is 0 Å². The van der Waals surface area contributed by atoms with Crippen LogP contribution in [0.1, 0.15) is 18.9 Å². The Balaban J connectivity index is 2.08. The third kappa shape index (κ3) is 5.49. The van der Waals surface area contributed by atoms with Gasteiger partial charge in [0.25, 0.3) is 5.91 Å². The highest BCUT2D eigenvalue weighted by Gasteiger charge is 2.15. The van der Waals surface area contributed by atoms with E-state index in [0.717, 1.165) is 23.4 Å². The number of rotatable bonds is 9. The summed E-state index contributed by atoms with van der Waals surface area (Å²) in [5.74, 6) is 0.286. The normalized spacial score (nSPS) is 10.9. The van der Waals surface area contributed by atoms with Gasteiger partial charge in [-0.1, -0.05) is 43.3 Å². The van der Waals surface area contributed by atoms with Crippen LogP contribution in [0.2, 0.25) is 0 Å². The lowest BCUT2D eigenvalue weighted by molar-refractivity contribution is -0.116. The minimum absolute atomic E-state index is 0.00546. The highest BCUT2D eigenvalue weighted by Crippen LogP contribution is 2.28. The molecule has 0 radical (unpaired) electrons. The van der Waals surface area contributed by atoms with Crippen LogP contribution in [0.5, 0.6) is 5.75 Å². The number of nitrogens with one attached hydrogen (secondary N) is 1. The first kappa shape index (κ1) is 21.6. The van der Waals surface area contributed by atoms with Gasteiger partial charge in [0.05, 0.1) is 12.3 Å². The van der Waals surface area contributed by atoms with Crippen molar-refractivity contribution in [3.8, 4) is 28.8 Å². The van der Waals surface area contributed by atoms with Crippen molar-refractivity contribution in [1.29, 1.82) is 5.26 Å². The van der Waals surface area contributed by atoms with E-state index in [1.807, 2.05) is 66.9 Å². The zero-order chi connectivity index (χ0) is 22.1. The molecule has 0 atom stereocenters. The summed E-state index contributed by atoms with van der Waals surface area (Å²) in [5.41, 5.74) is 3.00. The molecule has 156 valence electrons. The summed E-state index contributed by atoms with van der Waals surface area (Å²) >= 11 is 0. The highest BCUT2D eigenvalue weighted by molar-refractivity contribution is 6.02. The van der Waals surface area contributed by atoms with Crippen LogP contribution in [0.3, 0.4) is 0 Å². The Kier molecular flexibility index (Phi) is 7.39. The van der Waals surface area contributed by atoms with E-state index in [-0.39, 0.29) is 12.1 Å². The summed E-state index contributed by atoms with van der Waals surface area (Å²) in [7, 11) is 0. The third-order valence-electron chi connectivity index (χ3n) is 4.42. The number of nitriles is 1. The maximum absolute atomic E-state index is 12.3. The van der Waals surface area contributed by atoms with E-state index in [0.29, 0.717) is 17.9 Å². The molecule has 1 amide bonds. The molecule has 6 nitrogen and oxygen atoms in total. The van der Waals surface area contributed by atoms with E-state index >= 15 is 0 Å². The second-order valence-electron chi connectivity index (χ2n) is 6.76. The summed E-state index contributed by atoms with van der Waals surface area (Å²) in [5, 5.41) is 16.9. The first-order chi connectivity index (χ1) is 15.2. The monoisotopic (exact) mass is 412 g/mol. The molecule has 0 saturated carbocycles. The third-order valence-corrected chi connectivity index (χ3v) is 4.42. The van der Waals surface area contributed by atoms with Crippen molar-refractivity contribution in [2.45, 2.75) is 13.3 Å². The second kappa shape index (κ2) is 10.6. The molecule has 0 unspecified atom stereocenters. The molecule has 1 N–H and O–H groups in total. The van der Waals surface area contributed by atoms with Gasteiger partial charge in [-0.15, -0.1) is 6.58 Å². The molecular weight excluding hydrogens is 388 g/mol. The fraction of sp³-hybridized carbons (Fsp3) is 0.160. The molecular formula is C25H24N4O2. The van der Waals surface area contributed by atoms with E-state index in [2.05, 4.69) is 18.8 Å². The van der Waals surface area contributed by atoms with Gasteiger partial charge in [0.2, 0.25) is 0 Å². The smallest absolute Gasteiger partial charge is 0.262 e. The van der Waals surface area contributed by atoms with Crippen LogP contribution in [0.25, 0.3) is 23.0 Å². The highest BCUT2D eigenvalue weighted by atomic mass is 16.5. The lowest BCUT2D eigenvalue weighted by atomic mass is 10.1.